The van der Waals surface area contributed by atoms with Gasteiger partial charge in [0.1, 0.15) is 18.2 Å². The highest BCUT2D eigenvalue weighted by Gasteiger charge is 2.03. The Morgan fingerprint density at radius 2 is 2.20 bits per heavy atom. The molecule has 0 fully saturated rings. The SMILES string of the molecule is O=C(O)/C=C/c1ccc(OCc2ccccn2)cc1F. The average Bonchev–Trinajstić information content (AvgIpc) is 2.45. The fourth-order valence-corrected chi connectivity index (χ4v) is 1.53. The molecule has 2 rings (SSSR count). The van der Waals surface area contributed by atoms with E-state index in [4.69, 9.17) is 9.84 Å². The average molecular weight is 273 g/mol. The van der Waals surface area contributed by atoms with Crippen molar-refractivity contribution in [3.63, 3.8) is 0 Å². The molecule has 0 amide bonds. The van der Waals surface area contributed by atoms with E-state index in [9.17, 15) is 9.18 Å². The number of halogens is 1. The topological polar surface area (TPSA) is 59.4 Å². The number of carboxylic acid groups (broad SMARTS) is 1. The molecule has 5 heteroatoms. The lowest BCUT2D eigenvalue weighted by atomic mass is 10.2. The van der Waals surface area contributed by atoms with Gasteiger partial charge in [-0.05, 0) is 30.3 Å². The van der Waals surface area contributed by atoms with Crippen LogP contribution in [0.1, 0.15) is 11.3 Å². The molecule has 0 radical (unpaired) electrons. The van der Waals surface area contributed by atoms with E-state index in [0.29, 0.717) is 5.75 Å². The zero-order valence-electron chi connectivity index (χ0n) is 10.5. The van der Waals surface area contributed by atoms with E-state index < -0.39 is 11.8 Å². The Balaban J connectivity index is 2.04. The molecule has 0 aliphatic heterocycles. The molecule has 102 valence electrons. The number of hydrogen-bond donors (Lipinski definition) is 1. The van der Waals surface area contributed by atoms with E-state index in [1.54, 1.807) is 24.4 Å². The first-order chi connectivity index (χ1) is 9.65. The number of nitrogens with zero attached hydrogens (tertiary/aromatic N) is 1. The molecule has 1 heterocycles. The van der Waals surface area contributed by atoms with Gasteiger partial charge < -0.3 is 9.84 Å². The van der Waals surface area contributed by atoms with Crippen molar-refractivity contribution in [1.82, 2.24) is 4.98 Å². The number of ether oxygens (including phenoxy) is 1. The van der Waals surface area contributed by atoms with Crippen LogP contribution in [0, 0.1) is 5.82 Å². The first-order valence-corrected chi connectivity index (χ1v) is 5.88. The minimum absolute atomic E-state index is 0.192. The molecule has 0 saturated heterocycles. The summed E-state index contributed by atoms with van der Waals surface area (Å²) in [5.41, 5.74) is 0.931. The van der Waals surface area contributed by atoms with Crippen molar-refractivity contribution < 1.29 is 19.0 Å². The Labute approximate surface area is 115 Å². The van der Waals surface area contributed by atoms with Gasteiger partial charge in [-0.2, -0.15) is 0 Å². The van der Waals surface area contributed by atoms with Gasteiger partial charge in [0.2, 0.25) is 0 Å². The van der Waals surface area contributed by atoms with Crippen molar-refractivity contribution in [2.75, 3.05) is 0 Å². The van der Waals surface area contributed by atoms with Crippen LogP contribution in [0.4, 0.5) is 4.39 Å². The van der Waals surface area contributed by atoms with Gasteiger partial charge in [-0.3, -0.25) is 4.98 Å². The van der Waals surface area contributed by atoms with E-state index in [1.807, 2.05) is 6.07 Å². The van der Waals surface area contributed by atoms with Gasteiger partial charge >= 0.3 is 5.97 Å². The van der Waals surface area contributed by atoms with E-state index in [-0.39, 0.29) is 12.2 Å². The third-order valence-corrected chi connectivity index (χ3v) is 2.49. The Bertz CT molecular complexity index is 626. The summed E-state index contributed by atoms with van der Waals surface area (Å²) in [6, 6.07) is 9.69. The minimum atomic E-state index is -1.13. The third kappa shape index (κ3) is 3.91. The highest BCUT2D eigenvalue weighted by Crippen LogP contribution is 2.18. The summed E-state index contributed by atoms with van der Waals surface area (Å²) in [6.07, 6.45) is 3.73. The second-order valence-corrected chi connectivity index (χ2v) is 3.96. The smallest absolute Gasteiger partial charge is 0.328 e. The van der Waals surface area contributed by atoms with Gasteiger partial charge in [0.05, 0.1) is 5.69 Å². The van der Waals surface area contributed by atoms with E-state index in [1.165, 1.54) is 18.2 Å². The molecule has 0 aliphatic carbocycles. The third-order valence-electron chi connectivity index (χ3n) is 2.49. The maximum Gasteiger partial charge on any atom is 0.328 e. The molecular weight excluding hydrogens is 261 g/mol. The van der Waals surface area contributed by atoms with Crippen LogP contribution in [0.5, 0.6) is 5.75 Å². The Kier molecular flexibility index (Phi) is 4.44. The van der Waals surface area contributed by atoms with Gasteiger partial charge in [0.25, 0.3) is 0 Å². The molecular formula is C15H12FNO3. The number of benzene rings is 1. The van der Waals surface area contributed by atoms with E-state index >= 15 is 0 Å². The first kappa shape index (κ1) is 13.7. The van der Waals surface area contributed by atoms with Crippen molar-refractivity contribution in [1.29, 1.82) is 0 Å². The van der Waals surface area contributed by atoms with Crippen LogP contribution < -0.4 is 4.74 Å². The predicted molar refractivity (Wildman–Crippen MR) is 71.6 cm³/mol. The summed E-state index contributed by atoms with van der Waals surface area (Å²) in [5, 5.41) is 8.49. The predicted octanol–water partition coefficient (Wildman–Crippen LogP) is 2.90. The normalized spacial score (nSPS) is 10.7. The van der Waals surface area contributed by atoms with Crippen LogP contribution in [0.15, 0.2) is 48.7 Å². The van der Waals surface area contributed by atoms with Crippen LogP contribution in [0.3, 0.4) is 0 Å². The Hall–Kier alpha value is -2.69. The Morgan fingerprint density at radius 3 is 2.85 bits per heavy atom. The second kappa shape index (κ2) is 6.47. The van der Waals surface area contributed by atoms with E-state index in [2.05, 4.69) is 4.98 Å². The molecule has 1 N–H and O–H groups in total. The van der Waals surface area contributed by atoms with Crippen molar-refractivity contribution in [2.45, 2.75) is 6.61 Å². The van der Waals surface area contributed by atoms with Crippen molar-refractivity contribution in [3.05, 3.63) is 65.7 Å². The second-order valence-electron chi connectivity index (χ2n) is 3.96. The zero-order chi connectivity index (χ0) is 14.4. The number of hydrogen-bond acceptors (Lipinski definition) is 3. The zero-order valence-corrected chi connectivity index (χ0v) is 10.5. The van der Waals surface area contributed by atoms with Crippen molar-refractivity contribution >= 4 is 12.0 Å². The van der Waals surface area contributed by atoms with Gasteiger partial charge in [0, 0.05) is 23.9 Å². The fraction of sp³-hybridized carbons (Fsp3) is 0.0667. The number of pyridine rings is 1. The molecule has 2 aromatic rings. The van der Waals surface area contributed by atoms with Crippen LogP contribution in [-0.2, 0) is 11.4 Å². The van der Waals surface area contributed by atoms with Crippen LogP contribution >= 0.6 is 0 Å². The maximum absolute atomic E-state index is 13.7. The quantitative estimate of drug-likeness (QED) is 0.851. The molecule has 0 spiro atoms. The van der Waals surface area contributed by atoms with Crippen molar-refractivity contribution in [2.24, 2.45) is 0 Å². The lowest BCUT2D eigenvalue weighted by Gasteiger charge is -2.06. The minimum Gasteiger partial charge on any atom is -0.487 e. The summed E-state index contributed by atoms with van der Waals surface area (Å²) < 4.78 is 19.1. The van der Waals surface area contributed by atoms with Crippen LogP contribution in [-0.4, -0.2) is 16.1 Å². The number of carbonyl (C=O) groups is 1. The molecule has 0 atom stereocenters. The molecule has 1 aromatic heterocycles. The number of carboxylic acids is 1. The van der Waals surface area contributed by atoms with Gasteiger partial charge in [0.15, 0.2) is 0 Å². The standard InChI is InChI=1S/C15H12FNO3/c16-14-9-13(6-4-11(14)5-7-15(18)19)20-10-12-3-1-2-8-17-12/h1-9H,10H2,(H,18,19)/b7-5+. The molecule has 1 aromatic carbocycles. The molecule has 20 heavy (non-hydrogen) atoms. The summed E-state index contributed by atoms with van der Waals surface area (Å²) in [4.78, 5) is 14.5. The largest absolute Gasteiger partial charge is 0.487 e. The summed E-state index contributed by atoms with van der Waals surface area (Å²) in [6.45, 7) is 0.241. The van der Waals surface area contributed by atoms with E-state index in [0.717, 1.165) is 11.8 Å². The highest BCUT2D eigenvalue weighted by atomic mass is 19.1. The van der Waals surface area contributed by atoms with Crippen LogP contribution in [0.25, 0.3) is 6.08 Å². The Morgan fingerprint density at radius 1 is 1.35 bits per heavy atom. The molecule has 4 nitrogen and oxygen atoms in total. The molecule has 0 unspecified atom stereocenters. The van der Waals surface area contributed by atoms with Crippen molar-refractivity contribution in [3.8, 4) is 5.75 Å². The summed E-state index contributed by atoms with van der Waals surface area (Å²) >= 11 is 0. The number of rotatable bonds is 5. The number of aliphatic carboxylic acids is 1. The maximum atomic E-state index is 13.7. The van der Waals surface area contributed by atoms with Gasteiger partial charge in [-0.15, -0.1) is 0 Å². The fourth-order valence-electron chi connectivity index (χ4n) is 1.53. The lowest BCUT2D eigenvalue weighted by molar-refractivity contribution is -0.131. The molecule has 0 bridgehead atoms. The highest BCUT2D eigenvalue weighted by molar-refractivity contribution is 5.85. The lowest BCUT2D eigenvalue weighted by Crippen LogP contribution is -1.98. The molecule has 0 saturated carbocycles. The van der Waals surface area contributed by atoms with Gasteiger partial charge in [-0.1, -0.05) is 6.07 Å². The number of aromatic nitrogens is 1. The monoisotopic (exact) mass is 273 g/mol. The first-order valence-electron chi connectivity index (χ1n) is 5.88. The van der Waals surface area contributed by atoms with Crippen LogP contribution in [0.2, 0.25) is 0 Å². The summed E-state index contributed by atoms with van der Waals surface area (Å²) in [7, 11) is 0. The van der Waals surface area contributed by atoms with Gasteiger partial charge in [-0.25, -0.2) is 9.18 Å². The molecule has 0 aliphatic rings. The summed E-state index contributed by atoms with van der Waals surface area (Å²) in [5.74, 6) is -1.30.